The van der Waals surface area contributed by atoms with Gasteiger partial charge in [-0.05, 0) is 24.3 Å². The fourth-order valence-electron chi connectivity index (χ4n) is 1.83. The van der Waals surface area contributed by atoms with E-state index in [0.717, 1.165) is 0 Å². The van der Waals surface area contributed by atoms with E-state index in [2.05, 4.69) is 20.3 Å². The quantitative estimate of drug-likeness (QED) is 0.715. The molecule has 118 valence electrons. The van der Waals surface area contributed by atoms with E-state index in [9.17, 15) is 8.78 Å². The smallest absolute Gasteiger partial charge is 0.316 e. The van der Waals surface area contributed by atoms with Crippen molar-refractivity contribution in [2.24, 2.45) is 0 Å². The summed E-state index contributed by atoms with van der Waals surface area (Å²) in [5, 5.41) is 7.81. The van der Waals surface area contributed by atoms with E-state index in [1.54, 1.807) is 30.7 Å². The lowest BCUT2D eigenvalue weighted by Gasteiger charge is -2.06. The van der Waals surface area contributed by atoms with E-state index in [0.29, 0.717) is 11.4 Å². The van der Waals surface area contributed by atoms with Crippen molar-refractivity contribution in [1.29, 1.82) is 0 Å². The Hall–Kier alpha value is -2.61. The predicted molar refractivity (Wildman–Crippen MR) is 77.7 cm³/mol. The minimum Gasteiger partial charge on any atom is -0.457 e. The van der Waals surface area contributed by atoms with E-state index in [1.165, 1.54) is 16.8 Å². The number of hydrogen-bond acceptors (Lipinski definition) is 5. The first-order valence-electron chi connectivity index (χ1n) is 6.52. The van der Waals surface area contributed by atoms with Crippen LogP contribution in [0.15, 0.2) is 42.9 Å². The van der Waals surface area contributed by atoms with Gasteiger partial charge < -0.3 is 4.74 Å². The zero-order valence-corrected chi connectivity index (χ0v) is 12.4. The van der Waals surface area contributed by atoms with Gasteiger partial charge in [0, 0.05) is 23.0 Å². The van der Waals surface area contributed by atoms with Crippen molar-refractivity contribution in [1.82, 2.24) is 25.0 Å². The molecule has 0 unspecified atom stereocenters. The second-order valence-electron chi connectivity index (χ2n) is 4.48. The van der Waals surface area contributed by atoms with Gasteiger partial charge in [0.2, 0.25) is 0 Å². The molecule has 0 fully saturated rings. The number of aromatic nitrogens is 5. The van der Waals surface area contributed by atoms with Crippen molar-refractivity contribution < 1.29 is 13.5 Å². The standard InChI is InChI=1S/C14H10ClF2N5O/c15-12-3-2-10(6-11(12)13(16)17)22-7-9(20-21-22)8-23-14-18-4-1-5-19-14/h1-7,13H,8H2. The van der Waals surface area contributed by atoms with Crippen molar-refractivity contribution in [3.05, 3.63) is 59.1 Å². The molecule has 0 saturated heterocycles. The van der Waals surface area contributed by atoms with Gasteiger partial charge in [-0.15, -0.1) is 5.10 Å². The monoisotopic (exact) mass is 337 g/mol. The Morgan fingerprint density at radius 2 is 2.00 bits per heavy atom. The summed E-state index contributed by atoms with van der Waals surface area (Å²) in [4.78, 5) is 7.83. The van der Waals surface area contributed by atoms with Gasteiger partial charge in [0.25, 0.3) is 6.43 Å². The zero-order chi connectivity index (χ0) is 16.2. The van der Waals surface area contributed by atoms with Gasteiger partial charge in [-0.3, -0.25) is 0 Å². The van der Waals surface area contributed by atoms with Crippen molar-refractivity contribution in [3.63, 3.8) is 0 Å². The Balaban J connectivity index is 1.75. The SMILES string of the molecule is FC(F)c1cc(-n2cc(COc3ncccn3)nn2)ccc1Cl. The van der Waals surface area contributed by atoms with E-state index in [-0.39, 0.29) is 23.2 Å². The highest BCUT2D eigenvalue weighted by atomic mass is 35.5. The summed E-state index contributed by atoms with van der Waals surface area (Å²) in [6.07, 6.45) is 2.02. The average molecular weight is 338 g/mol. The first-order chi connectivity index (χ1) is 11.1. The Morgan fingerprint density at radius 1 is 1.22 bits per heavy atom. The summed E-state index contributed by atoms with van der Waals surface area (Å²) in [5.41, 5.74) is 0.681. The second kappa shape index (κ2) is 6.66. The molecule has 1 aromatic carbocycles. The molecule has 2 heterocycles. The highest BCUT2D eigenvalue weighted by Crippen LogP contribution is 2.28. The minimum atomic E-state index is -2.66. The average Bonchev–Trinajstić information content (AvgIpc) is 3.03. The van der Waals surface area contributed by atoms with Crippen LogP contribution >= 0.6 is 11.6 Å². The first-order valence-corrected chi connectivity index (χ1v) is 6.90. The first kappa shape index (κ1) is 15.3. The van der Waals surface area contributed by atoms with Crippen molar-refractivity contribution in [2.75, 3.05) is 0 Å². The number of ether oxygens (including phenoxy) is 1. The van der Waals surface area contributed by atoms with Gasteiger partial charge in [-0.1, -0.05) is 16.8 Å². The van der Waals surface area contributed by atoms with Crippen LogP contribution in [0.1, 0.15) is 17.7 Å². The molecule has 23 heavy (non-hydrogen) atoms. The van der Waals surface area contributed by atoms with Gasteiger partial charge >= 0.3 is 6.01 Å². The number of rotatable bonds is 5. The van der Waals surface area contributed by atoms with Gasteiger partial charge in [0.05, 0.1) is 11.9 Å². The molecule has 0 radical (unpaired) electrons. The van der Waals surface area contributed by atoms with Crippen LogP contribution in [0.3, 0.4) is 0 Å². The van der Waals surface area contributed by atoms with E-state index in [1.807, 2.05) is 0 Å². The molecular weight excluding hydrogens is 328 g/mol. The summed E-state index contributed by atoms with van der Waals surface area (Å²) in [6.45, 7) is 0.110. The lowest BCUT2D eigenvalue weighted by molar-refractivity contribution is 0.151. The normalized spacial score (nSPS) is 11.0. The Morgan fingerprint density at radius 3 is 2.74 bits per heavy atom. The summed E-state index contributed by atoms with van der Waals surface area (Å²) in [7, 11) is 0. The van der Waals surface area contributed by atoms with Crippen LogP contribution in [0.4, 0.5) is 8.78 Å². The number of hydrogen-bond donors (Lipinski definition) is 0. The van der Waals surface area contributed by atoms with Crippen LogP contribution in [0.25, 0.3) is 5.69 Å². The van der Waals surface area contributed by atoms with Crippen molar-refractivity contribution in [2.45, 2.75) is 13.0 Å². The molecule has 2 aromatic heterocycles. The summed E-state index contributed by atoms with van der Waals surface area (Å²) >= 11 is 5.74. The van der Waals surface area contributed by atoms with Gasteiger partial charge in [0.15, 0.2) is 0 Å². The molecule has 0 aliphatic rings. The molecule has 0 aliphatic carbocycles. The Kier molecular flexibility index (Phi) is 4.42. The molecule has 0 atom stereocenters. The van der Waals surface area contributed by atoms with Crippen LogP contribution in [0.2, 0.25) is 5.02 Å². The highest BCUT2D eigenvalue weighted by molar-refractivity contribution is 6.31. The molecular formula is C14H10ClF2N5O. The molecule has 0 aliphatic heterocycles. The number of alkyl halides is 2. The predicted octanol–water partition coefficient (Wildman–Crippen LogP) is 3.23. The van der Waals surface area contributed by atoms with E-state index in [4.69, 9.17) is 16.3 Å². The fraction of sp³-hybridized carbons (Fsp3) is 0.143. The molecule has 0 bridgehead atoms. The fourth-order valence-corrected chi connectivity index (χ4v) is 2.03. The number of halogens is 3. The lowest BCUT2D eigenvalue weighted by Crippen LogP contribution is -1.99. The molecule has 0 spiro atoms. The third-order valence-electron chi connectivity index (χ3n) is 2.91. The molecule has 0 amide bonds. The minimum absolute atomic E-state index is 0.00801. The number of benzene rings is 1. The van der Waals surface area contributed by atoms with Gasteiger partial charge in [-0.2, -0.15) is 0 Å². The third-order valence-corrected chi connectivity index (χ3v) is 3.26. The molecule has 6 nitrogen and oxygen atoms in total. The van der Waals surface area contributed by atoms with Crippen molar-refractivity contribution in [3.8, 4) is 11.7 Å². The van der Waals surface area contributed by atoms with Gasteiger partial charge in [0.1, 0.15) is 12.3 Å². The molecule has 3 rings (SSSR count). The third kappa shape index (κ3) is 3.59. The zero-order valence-electron chi connectivity index (χ0n) is 11.6. The van der Waals surface area contributed by atoms with Crippen LogP contribution in [-0.4, -0.2) is 25.0 Å². The maximum Gasteiger partial charge on any atom is 0.316 e. The van der Waals surface area contributed by atoms with Crippen LogP contribution < -0.4 is 4.74 Å². The van der Waals surface area contributed by atoms with Crippen LogP contribution in [0, 0.1) is 0 Å². The summed E-state index contributed by atoms with van der Waals surface area (Å²) < 4.78 is 32.5. The van der Waals surface area contributed by atoms with Gasteiger partial charge in [-0.25, -0.2) is 23.4 Å². The molecule has 0 saturated carbocycles. The second-order valence-corrected chi connectivity index (χ2v) is 4.89. The topological polar surface area (TPSA) is 65.7 Å². The lowest BCUT2D eigenvalue weighted by atomic mass is 10.2. The molecule has 3 aromatic rings. The highest BCUT2D eigenvalue weighted by Gasteiger charge is 2.14. The maximum absolute atomic E-state index is 12.9. The Bertz CT molecular complexity index is 797. The van der Waals surface area contributed by atoms with Crippen LogP contribution in [0.5, 0.6) is 6.01 Å². The van der Waals surface area contributed by atoms with E-state index < -0.39 is 6.43 Å². The van der Waals surface area contributed by atoms with Crippen molar-refractivity contribution >= 4 is 11.6 Å². The number of nitrogens with zero attached hydrogens (tertiary/aromatic N) is 5. The van der Waals surface area contributed by atoms with E-state index >= 15 is 0 Å². The largest absolute Gasteiger partial charge is 0.457 e. The van der Waals surface area contributed by atoms with Crippen LogP contribution in [-0.2, 0) is 6.61 Å². The summed E-state index contributed by atoms with van der Waals surface area (Å²) in [6, 6.07) is 6.13. The Labute approximate surface area is 134 Å². The maximum atomic E-state index is 12.9. The molecule has 9 heteroatoms. The molecule has 0 N–H and O–H groups in total. The summed E-state index contributed by atoms with van der Waals surface area (Å²) in [5.74, 6) is 0.